The molecular weight excluding hydrogens is 269 g/mol. The number of halogens is 2. The molecule has 0 amide bonds. The van der Waals surface area contributed by atoms with Gasteiger partial charge in [0.15, 0.2) is 0 Å². The van der Waals surface area contributed by atoms with Gasteiger partial charge < -0.3 is 5.32 Å². The Hall–Kier alpha value is -0.570. The van der Waals surface area contributed by atoms with E-state index in [9.17, 15) is 4.79 Å². The third-order valence-corrected chi connectivity index (χ3v) is 4.60. The summed E-state index contributed by atoms with van der Waals surface area (Å²) in [6.07, 6.45) is 2.26. The minimum absolute atomic E-state index is 0.188. The second-order valence-electron chi connectivity index (χ2n) is 4.91. The van der Waals surface area contributed by atoms with Gasteiger partial charge in [0.1, 0.15) is 5.78 Å². The van der Waals surface area contributed by atoms with E-state index in [0.717, 1.165) is 31.5 Å². The van der Waals surface area contributed by atoms with Crippen molar-refractivity contribution in [2.75, 3.05) is 13.1 Å². The standard InChI is InChI=1S/C14H17Cl2NO/c1-2-14(5-6-17-9-14)13(18)8-10-3-4-11(15)12(16)7-10/h3-4,7,17H,2,5-6,8-9H2,1H3. The van der Waals surface area contributed by atoms with Crippen LogP contribution in [-0.2, 0) is 11.2 Å². The molecule has 1 heterocycles. The van der Waals surface area contributed by atoms with Crippen LogP contribution >= 0.6 is 23.2 Å². The summed E-state index contributed by atoms with van der Waals surface area (Å²) in [6.45, 7) is 3.81. The summed E-state index contributed by atoms with van der Waals surface area (Å²) in [4.78, 5) is 12.4. The van der Waals surface area contributed by atoms with Crippen LogP contribution in [0.5, 0.6) is 0 Å². The van der Waals surface area contributed by atoms with Crippen LogP contribution in [0.2, 0.25) is 10.0 Å². The number of hydrogen-bond donors (Lipinski definition) is 1. The number of benzene rings is 1. The SMILES string of the molecule is CCC1(C(=O)Cc2ccc(Cl)c(Cl)c2)CCNC1. The molecule has 1 fully saturated rings. The highest BCUT2D eigenvalue weighted by molar-refractivity contribution is 6.42. The largest absolute Gasteiger partial charge is 0.316 e. The van der Waals surface area contributed by atoms with Crippen molar-refractivity contribution < 1.29 is 4.79 Å². The van der Waals surface area contributed by atoms with Gasteiger partial charge in [-0.05, 0) is 37.1 Å². The van der Waals surface area contributed by atoms with E-state index >= 15 is 0 Å². The molecule has 1 saturated heterocycles. The van der Waals surface area contributed by atoms with Crippen LogP contribution in [0.15, 0.2) is 18.2 Å². The molecule has 0 aromatic heterocycles. The number of nitrogens with one attached hydrogen (secondary N) is 1. The van der Waals surface area contributed by atoms with E-state index in [-0.39, 0.29) is 5.41 Å². The summed E-state index contributed by atoms with van der Waals surface area (Å²) in [5.41, 5.74) is 0.751. The van der Waals surface area contributed by atoms with E-state index in [2.05, 4.69) is 12.2 Å². The zero-order chi connectivity index (χ0) is 13.2. The molecule has 1 atom stereocenters. The topological polar surface area (TPSA) is 29.1 Å². The van der Waals surface area contributed by atoms with Crippen LogP contribution in [0.25, 0.3) is 0 Å². The molecule has 0 spiro atoms. The molecule has 1 aliphatic heterocycles. The summed E-state index contributed by atoms with van der Waals surface area (Å²) in [7, 11) is 0. The van der Waals surface area contributed by atoms with E-state index in [1.165, 1.54) is 0 Å². The van der Waals surface area contributed by atoms with Crippen LogP contribution < -0.4 is 5.32 Å². The van der Waals surface area contributed by atoms with Crippen molar-refractivity contribution in [3.63, 3.8) is 0 Å². The Bertz CT molecular complexity index is 453. The highest BCUT2D eigenvalue weighted by Crippen LogP contribution is 2.32. The van der Waals surface area contributed by atoms with Gasteiger partial charge in [-0.25, -0.2) is 0 Å². The number of carbonyl (C=O) groups is 1. The molecule has 2 nitrogen and oxygen atoms in total. The van der Waals surface area contributed by atoms with Gasteiger partial charge in [-0.15, -0.1) is 0 Å². The second kappa shape index (κ2) is 5.60. The van der Waals surface area contributed by atoms with Crippen molar-refractivity contribution in [3.05, 3.63) is 33.8 Å². The maximum Gasteiger partial charge on any atom is 0.144 e. The van der Waals surface area contributed by atoms with Crippen molar-refractivity contribution in [3.8, 4) is 0 Å². The molecule has 98 valence electrons. The maximum atomic E-state index is 12.4. The van der Waals surface area contributed by atoms with Crippen LogP contribution in [0.1, 0.15) is 25.3 Å². The molecule has 1 aromatic carbocycles. The van der Waals surface area contributed by atoms with Crippen molar-refractivity contribution in [2.24, 2.45) is 5.41 Å². The first-order valence-corrected chi connectivity index (χ1v) is 7.01. The molecule has 18 heavy (non-hydrogen) atoms. The van der Waals surface area contributed by atoms with Crippen molar-refractivity contribution in [2.45, 2.75) is 26.2 Å². The average molecular weight is 286 g/mol. The van der Waals surface area contributed by atoms with Gasteiger partial charge in [0.2, 0.25) is 0 Å². The second-order valence-corrected chi connectivity index (χ2v) is 5.72. The third-order valence-electron chi connectivity index (χ3n) is 3.86. The number of Topliss-reactive ketones (excluding diaryl/α,β-unsaturated/α-hetero) is 1. The Morgan fingerprint density at radius 1 is 1.39 bits per heavy atom. The van der Waals surface area contributed by atoms with Crippen molar-refractivity contribution in [1.82, 2.24) is 5.32 Å². The fourth-order valence-electron chi connectivity index (χ4n) is 2.50. The first-order valence-electron chi connectivity index (χ1n) is 6.25. The summed E-state index contributed by atoms with van der Waals surface area (Å²) in [5, 5.41) is 4.32. The molecular formula is C14H17Cl2NO. The van der Waals surface area contributed by atoms with Gasteiger partial charge in [-0.1, -0.05) is 36.2 Å². The first-order chi connectivity index (χ1) is 8.57. The van der Waals surface area contributed by atoms with E-state index in [0.29, 0.717) is 22.2 Å². The average Bonchev–Trinajstić information content (AvgIpc) is 2.84. The van der Waals surface area contributed by atoms with Gasteiger partial charge in [0.05, 0.1) is 10.0 Å². The fraction of sp³-hybridized carbons (Fsp3) is 0.500. The van der Waals surface area contributed by atoms with Crippen LogP contribution in [0.4, 0.5) is 0 Å². The van der Waals surface area contributed by atoms with Crippen LogP contribution in [-0.4, -0.2) is 18.9 Å². The molecule has 2 rings (SSSR count). The lowest BCUT2D eigenvalue weighted by molar-refractivity contribution is -0.127. The number of ketones is 1. The Morgan fingerprint density at radius 2 is 2.17 bits per heavy atom. The Kier molecular flexibility index (Phi) is 4.31. The molecule has 0 radical (unpaired) electrons. The zero-order valence-corrected chi connectivity index (χ0v) is 11.9. The summed E-state index contributed by atoms with van der Waals surface area (Å²) >= 11 is 11.8. The predicted octanol–water partition coefficient (Wildman–Crippen LogP) is 3.49. The molecule has 0 aliphatic carbocycles. The zero-order valence-electron chi connectivity index (χ0n) is 10.4. The normalized spacial score (nSPS) is 23.3. The molecule has 1 aliphatic rings. The van der Waals surface area contributed by atoms with Crippen LogP contribution in [0.3, 0.4) is 0 Å². The van der Waals surface area contributed by atoms with Crippen molar-refractivity contribution in [1.29, 1.82) is 0 Å². The maximum absolute atomic E-state index is 12.4. The molecule has 1 aromatic rings. The minimum Gasteiger partial charge on any atom is -0.316 e. The Morgan fingerprint density at radius 3 is 2.72 bits per heavy atom. The molecule has 1 N–H and O–H groups in total. The number of hydrogen-bond acceptors (Lipinski definition) is 2. The highest BCUT2D eigenvalue weighted by Gasteiger charge is 2.38. The van der Waals surface area contributed by atoms with Crippen LogP contribution in [0, 0.1) is 5.41 Å². The monoisotopic (exact) mass is 285 g/mol. The van der Waals surface area contributed by atoms with Gasteiger partial charge in [-0.2, -0.15) is 0 Å². The summed E-state index contributed by atoms with van der Waals surface area (Å²) < 4.78 is 0. The van der Waals surface area contributed by atoms with Gasteiger partial charge in [0.25, 0.3) is 0 Å². The lowest BCUT2D eigenvalue weighted by Crippen LogP contribution is -2.34. The molecule has 1 unspecified atom stereocenters. The van der Waals surface area contributed by atoms with Crippen molar-refractivity contribution >= 4 is 29.0 Å². The molecule has 4 heteroatoms. The lowest BCUT2D eigenvalue weighted by atomic mass is 9.78. The van der Waals surface area contributed by atoms with Gasteiger partial charge in [-0.3, -0.25) is 4.79 Å². The Labute approximate surface area is 118 Å². The third kappa shape index (κ3) is 2.71. The molecule has 0 saturated carbocycles. The number of rotatable bonds is 4. The highest BCUT2D eigenvalue weighted by atomic mass is 35.5. The van der Waals surface area contributed by atoms with Gasteiger partial charge >= 0.3 is 0 Å². The van der Waals surface area contributed by atoms with E-state index in [1.54, 1.807) is 12.1 Å². The van der Waals surface area contributed by atoms with E-state index in [1.807, 2.05) is 6.07 Å². The van der Waals surface area contributed by atoms with E-state index < -0.39 is 0 Å². The van der Waals surface area contributed by atoms with Gasteiger partial charge in [0, 0.05) is 18.4 Å². The first kappa shape index (κ1) is 13.9. The quantitative estimate of drug-likeness (QED) is 0.918. The minimum atomic E-state index is -0.188. The van der Waals surface area contributed by atoms with E-state index in [4.69, 9.17) is 23.2 Å². The lowest BCUT2D eigenvalue weighted by Gasteiger charge is -2.24. The smallest absolute Gasteiger partial charge is 0.144 e. The predicted molar refractivity (Wildman–Crippen MR) is 75.4 cm³/mol. The fourth-order valence-corrected chi connectivity index (χ4v) is 2.82. The number of carbonyl (C=O) groups excluding carboxylic acids is 1. The summed E-state index contributed by atoms with van der Waals surface area (Å²) in [5.74, 6) is 0.299. The molecule has 0 bridgehead atoms. The summed E-state index contributed by atoms with van der Waals surface area (Å²) in [6, 6.07) is 5.41. The Balaban J connectivity index is 2.13.